The molecule has 0 aliphatic carbocycles. The van der Waals surface area contributed by atoms with Gasteiger partial charge in [0, 0.05) is 22.3 Å². The lowest BCUT2D eigenvalue weighted by molar-refractivity contribution is -0.148. The Labute approximate surface area is 176 Å². The van der Waals surface area contributed by atoms with Gasteiger partial charge in [-0.3, -0.25) is 9.11 Å². The smallest absolute Gasteiger partial charge is 0.394 e. The number of benzene rings is 3. The number of hydrogen-bond donors (Lipinski definition) is 2. The van der Waals surface area contributed by atoms with E-state index in [4.69, 9.17) is 22.3 Å². The molecule has 0 radical (unpaired) electrons. The van der Waals surface area contributed by atoms with E-state index >= 15 is 0 Å². The van der Waals surface area contributed by atoms with Gasteiger partial charge in [-0.25, -0.2) is 4.79 Å². The van der Waals surface area contributed by atoms with E-state index < -0.39 is 22.0 Å². The van der Waals surface area contributed by atoms with Crippen molar-refractivity contribution in [2.75, 3.05) is 0 Å². The van der Waals surface area contributed by atoms with Gasteiger partial charge in [0.1, 0.15) is 0 Å². The van der Waals surface area contributed by atoms with E-state index in [9.17, 15) is 4.79 Å². The quantitative estimate of drug-likeness (QED) is 0.271. The molecule has 2 N–H and O–H groups in total. The number of rotatable bonds is 5. The van der Waals surface area contributed by atoms with Gasteiger partial charge in [-0.05, 0) is 6.92 Å². The Bertz CT molecular complexity index is 974. The van der Waals surface area contributed by atoms with Gasteiger partial charge in [-0.1, -0.05) is 97.6 Å². The summed E-state index contributed by atoms with van der Waals surface area (Å²) in [5, 5.41) is 0. The third-order valence-corrected chi connectivity index (χ3v) is 4.14. The van der Waals surface area contributed by atoms with Crippen LogP contribution in [0.25, 0.3) is 0 Å². The maximum absolute atomic E-state index is 12.6. The molecule has 0 saturated carbocycles. The molecule has 0 bridgehead atoms. The van der Waals surface area contributed by atoms with Crippen LogP contribution in [0.2, 0.25) is 0 Å². The zero-order valence-corrected chi connectivity index (χ0v) is 17.1. The summed E-state index contributed by atoms with van der Waals surface area (Å²) in [6, 6.07) is 29.4. The zero-order valence-electron chi connectivity index (χ0n) is 16.3. The summed E-state index contributed by atoms with van der Waals surface area (Å²) in [7, 11) is -4.67. The van der Waals surface area contributed by atoms with Crippen LogP contribution in [0.15, 0.2) is 103 Å². The average molecular weight is 426 g/mol. The number of ether oxygens (including phenoxy) is 1. The zero-order chi connectivity index (χ0) is 22.2. The molecule has 0 atom stereocenters. The van der Waals surface area contributed by atoms with Crippen molar-refractivity contribution in [1.29, 1.82) is 0 Å². The van der Waals surface area contributed by atoms with Gasteiger partial charge in [-0.15, -0.1) is 0 Å². The topological polar surface area (TPSA) is 101 Å². The maximum atomic E-state index is 12.6. The minimum absolute atomic E-state index is 0.368. The SMILES string of the molecule is C=C(C)C(=O)OC(c1ccccc1)(c1ccccc1)c1ccccc1.O=S(=O)(O)O. The molecule has 0 aromatic heterocycles. The second-order valence-electron chi connectivity index (χ2n) is 6.40. The van der Waals surface area contributed by atoms with Gasteiger partial charge in [0.15, 0.2) is 5.60 Å². The van der Waals surface area contributed by atoms with Crippen LogP contribution in [-0.2, 0) is 25.5 Å². The second-order valence-corrected chi connectivity index (χ2v) is 7.29. The number of hydrogen-bond acceptors (Lipinski definition) is 4. The van der Waals surface area contributed by atoms with E-state index in [0.717, 1.165) is 16.7 Å². The highest BCUT2D eigenvalue weighted by Gasteiger charge is 2.40. The second kappa shape index (κ2) is 9.98. The summed E-state index contributed by atoms with van der Waals surface area (Å²) in [6.45, 7) is 5.41. The molecular weight excluding hydrogens is 404 g/mol. The van der Waals surface area contributed by atoms with Crippen molar-refractivity contribution < 1.29 is 27.1 Å². The van der Waals surface area contributed by atoms with Crippen molar-refractivity contribution in [3.05, 3.63) is 120 Å². The first-order chi connectivity index (χ1) is 14.1. The van der Waals surface area contributed by atoms with Crippen molar-refractivity contribution in [2.24, 2.45) is 0 Å². The lowest BCUT2D eigenvalue weighted by Gasteiger charge is -2.35. The minimum atomic E-state index is -4.67. The normalized spacial score (nSPS) is 11.0. The standard InChI is InChI=1S/C23H20O2.H2O4S/c1-18(2)22(24)25-23(19-12-6-3-7-13-19,20-14-8-4-9-15-20)21-16-10-5-11-17-21;1-5(2,3)4/h3-17H,1H2,2H3;(H2,1,2,3,4). The van der Waals surface area contributed by atoms with E-state index in [1.54, 1.807) is 6.92 Å². The Kier molecular flexibility index (Phi) is 7.66. The molecule has 0 spiro atoms. The highest BCUT2D eigenvalue weighted by Crippen LogP contribution is 2.40. The lowest BCUT2D eigenvalue weighted by atomic mass is 9.80. The van der Waals surface area contributed by atoms with Crippen LogP contribution in [0.5, 0.6) is 0 Å². The lowest BCUT2D eigenvalue weighted by Crippen LogP contribution is -2.35. The maximum Gasteiger partial charge on any atom is 0.394 e. The summed E-state index contributed by atoms with van der Waals surface area (Å²) in [5.41, 5.74) is 2.01. The van der Waals surface area contributed by atoms with Crippen molar-refractivity contribution >= 4 is 16.4 Å². The van der Waals surface area contributed by atoms with Gasteiger partial charge in [-0.2, -0.15) is 8.42 Å². The Morgan fingerprint density at radius 3 is 1.27 bits per heavy atom. The molecule has 7 heteroatoms. The third-order valence-electron chi connectivity index (χ3n) is 4.14. The number of carbonyl (C=O) groups is 1. The molecule has 3 rings (SSSR count). The van der Waals surface area contributed by atoms with Crippen LogP contribution in [0.4, 0.5) is 0 Å². The van der Waals surface area contributed by atoms with E-state index in [0.29, 0.717) is 5.57 Å². The Hall–Kier alpha value is -3.26. The first kappa shape index (κ1) is 23.0. The highest BCUT2D eigenvalue weighted by molar-refractivity contribution is 7.79. The van der Waals surface area contributed by atoms with Gasteiger partial charge < -0.3 is 4.74 Å². The van der Waals surface area contributed by atoms with Crippen LogP contribution in [0.1, 0.15) is 23.6 Å². The Morgan fingerprint density at radius 1 is 0.767 bits per heavy atom. The number of carbonyl (C=O) groups excluding carboxylic acids is 1. The molecule has 6 nitrogen and oxygen atoms in total. The molecule has 0 saturated heterocycles. The summed E-state index contributed by atoms with van der Waals surface area (Å²) >= 11 is 0. The first-order valence-electron chi connectivity index (χ1n) is 8.90. The molecule has 0 aliphatic rings. The van der Waals surface area contributed by atoms with Crippen LogP contribution in [-0.4, -0.2) is 23.5 Å². The highest BCUT2D eigenvalue weighted by atomic mass is 32.3. The molecular formula is C23H22O6S. The monoisotopic (exact) mass is 426 g/mol. The van der Waals surface area contributed by atoms with Crippen molar-refractivity contribution in [2.45, 2.75) is 12.5 Å². The molecule has 30 heavy (non-hydrogen) atoms. The van der Waals surface area contributed by atoms with Crippen LogP contribution >= 0.6 is 0 Å². The summed E-state index contributed by atoms with van der Waals surface area (Å²) in [6.07, 6.45) is 0. The molecule has 0 amide bonds. The van der Waals surface area contributed by atoms with Crippen molar-refractivity contribution in [3.8, 4) is 0 Å². The number of esters is 1. The summed E-state index contributed by atoms with van der Waals surface area (Å²) < 4.78 is 37.7. The Balaban J connectivity index is 0.000000575. The van der Waals surface area contributed by atoms with E-state index in [2.05, 4.69) is 6.58 Å². The van der Waals surface area contributed by atoms with Crippen LogP contribution in [0.3, 0.4) is 0 Å². The minimum Gasteiger partial charge on any atom is -0.441 e. The predicted molar refractivity (Wildman–Crippen MR) is 114 cm³/mol. The van der Waals surface area contributed by atoms with Gasteiger partial charge in [0.2, 0.25) is 0 Å². The summed E-state index contributed by atoms with van der Waals surface area (Å²) in [5.74, 6) is -0.420. The first-order valence-corrected chi connectivity index (χ1v) is 10.3. The average Bonchev–Trinajstić information content (AvgIpc) is 2.72. The van der Waals surface area contributed by atoms with Gasteiger partial charge in [0.05, 0.1) is 0 Å². The molecule has 0 aliphatic heterocycles. The molecule has 156 valence electrons. The fraction of sp³-hybridized carbons (Fsp3) is 0.0870. The van der Waals surface area contributed by atoms with E-state index in [-0.39, 0.29) is 0 Å². The van der Waals surface area contributed by atoms with Gasteiger partial charge in [0.25, 0.3) is 0 Å². The third kappa shape index (κ3) is 6.12. The van der Waals surface area contributed by atoms with Crippen LogP contribution < -0.4 is 0 Å². The van der Waals surface area contributed by atoms with Crippen molar-refractivity contribution in [1.82, 2.24) is 0 Å². The predicted octanol–water partition coefficient (Wildman–Crippen LogP) is 4.45. The van der Waals surface area contributed by atoms with Crippen LogP contribution in [0, 0.1) is 0 Å². The molecule has 0 unspecified atom stereocenters. The van der Waals surface area contributed by atoms with E-state index in [1.807, 2.05) is 91.0 Å². The Morgan fingerprint density at radius 2 is 1.03 bits per heavy atom. The van der Waals surface area contributed by atoms with Gasteiger partial charge >= 0.3 is 16.4 Å². The fourth-order valence-electron chi connectivity index (χ4n) is 2.92. The fourth-order valence-corrected chi connectivity index (χ4v) is 2.92. The summed E-state index contributed by atoms with van der Waals surface area (Å²) in [4.78, 5) is 12.6. The molecule has 0 fully saturated rings. The molecule has 0 heterocycles. The molecule has 3 aromatic carbocycles. The van der Waals surface area contributed by atoms with E-state index in [1.165, 1.54) is 0 Å². The van der Waals surface area contributed by atoms with Crippen molar-refractivity contribution in [3.63, 3.8) is 0 Å². The molecule has 3 aromatic rings. The largest absolute Gasteiger partial charge is 0.441 e.